The monoisotopic (exact) mass is 372 g/mol. The Morgan fingerprint density at radius 1 is 1.38 bits per heavy atom. The van der Waals surface area contributed by atoms with Gasteiger partial charge in [-0.1, -0.05) is 11.6 Å². The quantitative estimate of drug-likeness (QED) is 0.749. The van der Waals surface area contributed by atoms with Crippen molar-refractivity contribution in [1.82, 2.24) is 4.98 Å². The van der Waals surface area contributed by atoms with E-state index in [1.807, 2.05) is 0 Å². The zero-order valence-electron chi connectivity index (χ0n) is 13.7. The summed E-state index contributed by atoms with van der Waals surface area (Å²) in [5.41, 5.74) is 0.738. The van der Waals surface area contributed by atoms with Gasteiger partial charge in [-0.2, -0.15) is 4.98 Å². The zero-order chi connectivity index (χ0) is 18.1. The van der Waals surface area contributed by atoms with Crippen LogP contribution in [0.25, 0.3) is 0 Å². The average molecular weight is 373 g/mol. The number of carbonyl (C=O) groups excluding carboxylic acids is 1. The first-order valence-electron chi connectivity index (χ1n) is 7.08. The van der Waals surface area contributed by atoms with Crippen LogP contribution in [0, 0.1) is 13.8 Å². The van der Waals surface area contributed by atoms with Gasteiger partial charge < -0.3 is 9.15 Å². The van der Waals surface area contributed by atoms with Gasteiger partial charge in [0.2, 0.25) is 5.76 Å². The molecule has 2 rings (SSSR count). The van der Waals surface area contributed by atoms with Gasteiger partial charge in [0.25, 0.3) is 10.0 Å². The maximum Gasteiger partial charge on any atom is 0.376 e. The van der Waals surface area contributed by atoms with Crippen molar-refractivity contribution in [3.63, 3.8) is 0 Å². The Bertz CT molecular complexity index is 876. The van der Waals surface area contributed by atoms with E-state index in [1.54, 1.807) is 19.9 Å². The SMILES string of the molecule is CCOC(=O)c1oc(N(C)S(=O)(=O)c2ccc(Cl)cc2C)nc1C. The van der Waals surface area contributed by atoms with Gasteiger partial charge in [0.1, 0.15) is 0 Å². The number of hydrogen-bond acceptors (Lipinski definition) is 6. The minimum absolute atomic E-state index is 0.0722. The summed E-state index contributed by atoms with van der Waals surface area (Å²) < 4.78 is 36.5. The van der Waals surface area contributed by atoms with Gasteiger partial charge in [-0.3, -0.25) is 0 Å². The van der Waals surface area contributed by atoms with Crippen LogP contribution < -0.4 is 4.31 Å². The van der Waals surface area contributed by atoms with Gasteiger partial charge in [-0.25, -0.2) is 17.5 Å². The predicted molar refractivity (Wildman–Crippen MR) is 89.0 cm³/mol. The van der Waals surface area contributed by atoms with Gasteiger partial charge in [-0.05, 0) is 44.5 Å². The molecule has 1 aromatic carbocycles. The first kappa shape index (κ1) is 18.3. The minimum atomic E-state index is -3.91. The normalized spacial score (nSPS) is 11.4. The lowest BCUT2D eigenvalue weighted by atomic mass is 10.2. The lowest BCUT2D eigenvalue weighted by Crippen LogP contribution is -2.27. The molecule has 0 amide bonds. The molecule has 0 bridgehead atoms. The molecule has 0 spiro atoms. The van der Waals surface area contributed by atoms with E-state index in [4.69, 9.17) is 20.8 Å². The van der Waals surface area contributed by atoms with E-state index in [0.717, 1.165) is 4.31 Å². The second-order valence-electron chi connectivity index (χ2n) is 5.01. The number of sulfonamides is 1. The first-order chi connectivity index (χ1) is 11.2. The van der Waals surface area contributed by atoms with Crippen LogP contribution in [0.5, 0.6) is 0 Å². The third-order valence-electron chi connectivity index (χ3n) is 3.29. The molecule has 1 aromatic heterocycles. The Kier molecular flexibility index (Phi) is 5.19. The molecular formula is C15H17ClN2O5S. The maximum atomic E-state index is 12.7. The summed E-state index contributed by atoms with van der Waals surface area (Å²) in [6.45, 7) is 5.00. The number of rotatable bonds is 5. The summed E-state index contributed by atoms with van der Waals surface area (Å²) in [5, 5.41) is 0.436. The summed E-state index contributed by atoms with van der Waals surface area (Å²) in [6, 6.07) is 4.23. The fraction of sp³-hybridized carbons (Fsp3) is 0.333. The highest BCUT2D eigenvalue weighted by atomic mass is 35.5. The van der Waals surface area contributed by atoms with Crippen LogP contribution in [0.15, 0.2) is 27.5 Å². The van der Waals surface area contributed by atoms with Crippen molar-refractivity contribution in [2.24, 2.45) is 0 Å². The van der Waals surface area contributed by atoms with Crippen molar-refractivity contribution in [3.05, 3.63) is 40.2 Å². The smallest absolute Gasteiger partial charge is 0.376 e. The van der Waals surface area contributed by atoms with Crippen molar-refractivity contribution in [2.75, 3.05) is 18.0 Å². The lowest BCUT2D eigenvalue weighted by molar-refractivity contribution is 0.0490. The van der Waals surface area contributed by atoms with Crippen LogP contribution in [0.3, 0.4) is 0 Å². The molecule has 0 fully saturated rings. The number of oxazole rings is 1. The van der Waals surface area contributed by atoms with E-state index >= 15 is 0 Å². The number of hydrogen-bond donors (Lipinski definition) is 0. The van der Waals surface area contributed by atoms with Crippen molar-refractivity contribution in [2.45, 2.75) is 25.7 Å². The Labute approximate surface area is 145 Å². The summed E-state index contributed by atoms with van der Waals surface area (Å²) in [6.07, 6.45) is 0. The molecule has 1 heterocycles. The highest BCUT2D eigenvalue weighted by Gasteiger charge is 2.29. The van der Waals surface area contributed by atoms with E-state index in [1.165, 1.54) is 26.1 Å². The van der Waals surface area contributed by atoms with Gasteiger partial charge >= 0.3 is 12.0 Å². The summed E-state index contributed by atoms with van der Waals surface area (Å²) in [5.74, 6) is -0.816. The molecule has 0 saturated heterocycles. The molecule has 0 unspecified atom stereocenters. The van der Waals surface area contributed by atoms with Gasteiger partial charge in [-0.15, -0.1) is 0 Å². The Balaban J connectivity index is 2.42. The van der Waals surface area contributed by atoms with Gasteiger partial charge in [0.05, 0.1) is 17.2 Å². The number of ether oxygens (including phenoxy) is 1. The number of aryl methyl sites for hydroxylation is 2. The number of halogens is 1. The Morgan fingerprint density at radius 3 is 2.62 bits per heavy atom. The number of benzene rings is 1. The second kappa shape index (κ2) is 6.82. The van der Waals surface area contributed by atoms with Crippen LogP contribution in [-0.4, -0.2) is 33.0 Å². The maximum absolute atomic E-state index is 12.7. The molecule has 9 heteroatoms. The molecule has 0 aliphatic heterocycles. The second-order valence-corrected chi connectivity index (χ2v) is 7.39. The minimum Gasteiger partial charge on any atom is -0.460 e. The highest BCUT2D eigenvalue weighted by molar-refractivity contribution is 7.92. The molecule has 130 valence electrons. The Hall–Kier alpha value is -2.06. The van der Waals surface area contributed by atoms with Crippen LogP contribution in [0.2, 0.25) is 5.02 Å². The Morgan fingerprint density at radius 2 is 2.04 bits per heavy atom. The average Bonchev–Trinajstić information content (AvgIpc) is 2.88. The molecule has 0 N–H and O–H groups in total. The van der Waals surface area contributed by atoms with Crippen molar-refractivity contribution >= 4 is 33.6 Å². The molecular weight excluding hydrogens is 356 g/mol. The number of carbonyl (C=O) groups is 1. The number of esters is 1. The van der Waals surface area contributed by atoms with E-state index in [0.29, 0.717) is 10.6 Å². The van der Waals surface area contributed by atoms with Crippen molar-refractivity contribution in [1.29, 1.82) is 0 Å². The van der Waals surface area contributed by atoms with Crippen molar-refractivity contribution in [3.8, 4) is 0 Å². The summed E-state index contributed by atoms with van der Waals surface area (Å²) in [4.78, 5) is 15.9. The number of aromatic nitrogens is 1. The number of nitrogens with zero attached hydrogens (tertiary/aromatic N) is 2. The highest BCUT2D eigenvalue weighted by Crippen LogP contribution is 2.27. The zero-order valence-corrected chi connectivity index (χ0v) is 15.2. The van der Waals surface area contributed by atoms with E-state index in [9.17, 15) is 13.2 Å². The fourth-order valence-corrected chi connectivity index (χ4v) is 3.57. The van der Waals surface area contributed by atoms with E-state index in [-0.39, 0.29) is 29.0 Å². The van der Waals surface area contributed by atoms with Gasteiger partial charge in [0.15, 0.2) is 0 Å². The largest absolute Gasteiger partial charge is 0.460 e. The molecule has 0 aliphatic carbocycles. The van der Waals surface area contributed by atoms with Crippen LogP contribution >= 0.6 is 11.6 Å². The molecule has 24 heavy (non-hydrogen) atoms. The van der Waals surface area contributed by atoms with Crippen LogP contribution in [0.4, 0.5) is 6.01 Å². The molecule has 0 radical (unpaired) electrons. The fourth-order valence-electron chi connectivity index (χ4n) is 2.06. The summed E-state index contributed by atoms with van der Waals surface area (Å²) >= 11 is 5.86. The standard InChI is InChI=1S/C15H17ClN2O5S/c1-5-22-14(19)13-10(3)17-15(23-13)18(4)24(20,21)12-7-6-11(16)8-9(12)2/h6-8H,5H2,1-4H3. The molecule has 0 saturated carbocycles. The molecule has 0 aliphatic rings. The van der Waals surface area contributed by atoms with Crippen molar-refractivity contribution < 1.29 is 22.4 Å². The third kappa shape index (κ3) is 3.39. The summed E-state index contributed by atoms with van der Waals surface area (Å²) in [7, 11) is -2.62. The number of anilines is 1. The molecule has 0 atom stereocenters. The lowest BCUT2D eigenvalue weighted by Gasteiger charge is -2.16. The van der Waals surface area contributed by atoms with Crippen LogP contribution in [-0.2, 0) is 14.8 Å². The molecule has 7 nitrogen and oxygen atoms in total. The van der Waals surface area contributed by atoms with E-state index < -0.39 is 16.0 Å². The van der Waals surface area contributed by atoms with Crippen LogP contribution in [0.1, 0.15) is 28.7 Å². The predicted octanol–water partition coefficient (Wildman–Crippen LogP) is 2.95. The topological polar surface area (TPSA) is 89.7 Å². The van der Waals surface area contributed by atoms with E-state index in [2.05, 4.69) is 4.98 Å². The first-order valence-corrected chi connectivity index (χ1v) is 8.90. The third-order valence-corrected chi connectivity index (χ3v) is 5.42. The van der Waals surface area contributed by atoms with Gasteiger partial charge in [0, 0.05) is 12.1 Å². The molecule has 2 aromatic rings.